The zero-order chi connectivity index (χ0) is 18.1. The molecule has 0 saturated carbocycles. The summed E-state index contributed by atoms with van der Waals surface area (Å²) in [6.45, 7) is 2.61. The van der Waals surface area contributed by atoms with E-state index in [-0.39, 0.29) is 24.8 Å². The van der Waals surface area contributed by atoms with E-state index >= 15 is 0 Å². The SMILES string of the molecule is COc1ccc(C)cc1N1CC(C(=O)N2CCC[C@@H]2C(=O)O)CC1=O. The van der Waals surface area contributed by atoms with Crippen LogP contribution in [-0.2, 0) is 14.4 Å². The second kappa shape index (κ2) is 6.74. The maximum atomic E-state index is 12.8. The molecule has 0 aliphatic carbocycles. The summed E-state index contributed by atoms with van der Waals surface area (Å²) in [5.41, 5.74) is 1.64. The van der Waals surface area contributed by atoms with Crippen molar-refractivity contribution in [2.45, 2.75) is 32.2 Å². The Morgan fingerprint density at radius 3 is 2.76 bits per heavy atom. The van der Waals surface area contributed by atoms with Crippen LogP contribution >= 0.6 is 0 Å². The number of aryl methyl sites for hydroxylation is 1. The first-order valence-electron chi connectivity index (χ1n) is 8.40. The zero-order valence-corrected chi connectivity index (χ0v) is 14.4. The minimum absolute atomic E-state index is 0.0960. The number of likely N-dealkylation sites (tertiary alicyclic amines) is 1. The lowest BCUT2D eigenvalue weighted by Gasteiger charge is -2.25. The van der Waals surface area contributed by atoms with Gasteiger partial charge in [-0.05, 0) is 37.5 Å². The van der Waals surface area contributed by atoms with Crippen LogP contribution < -0.4 is 9.64 Å². The van der Waals surface area contributed by atoms with E-state index in [2.05, 4.69) is 0 Å². The van der Waals surface area contributed by atoms with Crippen LogP contribution in [0.1, 0.15) is 24.8 Å². The van der Waals surface area contributed by atoms with E-state index in [1.54, 1.807) is 18.1 Å². The first kappa shape index (κ1) is 17.3. The van der Waals surface area contributed by atoms with Gasteiger partial charge in [-0.2, -0.15) is 0 Å². The number of methoxy groups -OCH3 is 1. The van der Waals surface area contributed by atoms with Crippen molar-refractivity contribution >= 4 is 23.5 Å². The Hall–Kier alpha value is -2.57. The molecule has 0 bridgehead atoms. The molecular formula is C18H22N2O5. The normalized spacial score (nSPS) is 23.2. The van der Waals surface area contributed by atoms with Gasteiger partial charge in [-0.25, -0.2) is 4.79 Å². The molecule has 1 unspecified atom stereocenters. The van der Waals surface area contributed by atoms with E-state index in [1.807, 2.05) is 19.1 Å². The molecule has 2 fully saturated rings. The first-order chi connectivity index (χ1) is 11.9. The molecule has 7 heteroatoms. The van der Waals surface area contributed by atoms with E-state index < -0.39 is 17.9 Å². The van der Waals surface area contributed by atoms with Crippen LogP contribution in [0.4, 0.5) is 5.69 Å². The molecule has 2 amide bonds. The second-order valence-corrected chi connectivity index (χ2v) is 6.61. The number of amides is 2. The fraction of sp³-hybridized carbons (Fsp3) is 0.500. The van der Waals surface area contributed by atoms with Crippen LogP contribution in [0.3, 0.4) is 0 Å². The fourth-order valence-electron chi connectivity index (χ4n) is 3.64. The van der Waals surface area contributed by atoms with Gasteiger partial charge in [0.25, 0.3) is 0 Å². The number of hydrogen-bond acceptors (Lipinski definition) is 4. The smallest absolute Gasteiger partial charge is 0.326 e. The lowest BCUT2D eigenvalue weighted by atomic mass is 10.1. The van der Waals surface area contributed by atoms with Crippen LogP contribution in [0, 0.1) is 12.8 Å². The molecule has 1 N–H and O–H groups in total. The summed E-state index contributed by atoms with van der Waals surface area (Å²) in [6.07, 6.45) is 1.24. The Morgan fingerprint density at radius 1 is 1.32 bits per heavy atom. The highest BCUT2D eigenvalue weighted by molar-refractivity contribution is 6.01. The number of aliphatic carboxylic acids is 1. The lowest BCUT2D eigenvalue weighted by molar-refractivity contribution is -0.149. The highest BCUT2D eigenvalue weighted by Crippen LogP contribution is 2.35. The van der Waals surface area contributed by atoms with Crippen molar-refractivity contribution in [3.8, 4) is 5.75 Å². The lowest BCUT2D eigenvalue weighted by Crippen LogP contribution is -2.44. The van der Waals surface area contributed by atoms with E-state index in [4.69, 9.17) is 4.74 Å². The summed E-state index contributed by atoms with van der Waals surface area (Å²) in [5, 5.41) is 9.27. The average molecular weight is 346 g/mol. The number of benzene rings is 1. The molecule has 0 spiro atoms. The van der Waals surface area contributed by atoms with Gasteiger partial charge in [-0.3, -0.25) is 9.59 Å². The van der Waals surface area contributed by atoms with Crippen LogP contribution in [0.15, 0.2) is 18.2 Å². The maximum absolute atomic E-state index is 12.8. The zero-order valence-electron chi connectivity index (χ0n) is 14.4. The van der Waals surface area contributed by atoms with Crippen LogP contribution in [-0.4, -0.2) is 54.0 Å². The summed E-state index contributed by atoms with van der Waals surface area (Å²) >= 11 is 0. The number of hydrogen-bond donors (Lipinski definition) is 1. The Bertz CT molecular complexity index is 717. The van der Waals surface area contributed by atoms with Gasteiger partial charge >= 0.3 is 5.97 Å². The number of anilines is 1. The van der Waals surface area contributed by atoms with Crippen molar-refractivity contribution in [1.29, 1.82) is 0 Å². The third-order valence-corrected chi connectivity index (χ3v) is 4.92. The minimum atomic E-state index is -0.979. The topological polar surface area (TPSA) is 87.2 Å². The molecular weight excluding hydrogens is 324 g/mol. The van der Waals surface area contributed by atoms with Crippen LogP contribution in [0.2, 0.25) is 0 Å². The van der Waals surface area contributed by atoms with Gasteiger partial charge in [0.1, 0.15) is 11.8 Å². The summed E-state index contributed by atoms with van der Waals surface area (Å²) < 4.78 is 5.34. The summed E-state index contributed by atoms with van der Waals surface area (Å²) in [6, 6.07) is 4.78. The van der Waals surface area contributed by atoms with Gasteiger partial charge in [-0.1, -0.05) is 6.07 Å². The van der Waals surface area contributed by atoms with Gasteiger partial charge in [0.15, 0.2) is 0 Å². The van der Waals surface area contributed by atoms with Crippen molar-refractivity contribution in [2.24, 2.45) is 5.92 Å². The molecule has 7 nitrogen and oxygen atoms in total. The molecule has 134 valence electrons. The summed E-state index contributed by atoms with van der Waals surface area (Å²) in [7, 11) is 1.54. The monoisotopic (exact) mass is 346 g/mol. The van der Waals surface area contributed by atoms with Gasteiger partial charge in [0.2, 0.25) is 11.8 Å². The number of carboxylic acids is 1. The quantitative estimate of drug-likeness (QED) is 0.891. The van der Waals surface area contributed by atoms with E-state index in [1.165, 1.54) is 4.90 Å². The molecule has 2 aliphatic rings. The third-order valence-electron chi connectivity index (χ3n) is 4.92. The Morgan fingerprint density at radius 2 is 2.08 bits per heavy atom. The highest BCUT2D eigenvalue weighted by atomic mass is 16.5. The van der Waals surface area contributed by atoms with E-state index in [9.17, 15) is 19.5 Å². The molecule has 2 saturated heterocycles. The van der Waals surface area contributed by atoms with Crippen LogP contribution in [0.25, 0.3) is 0 Å². The maximum Gasteiger partial charge on any atom is 0.326 e. The number of rotatable bonds is 4. The number of nitrogens with zero attached hydrogens (tertiary/aromatic N) is 2. The number of carbonyl (C=O) groups is 3. The molecule has 1 aromatic rings. The van der Waals surface area contributed by atoms with Crippen molar-refractivity contribution < 1.29 is 24.2 Å². The van der Waals surface area contributed by atoms with E-state index in [0.29, 0.717) is 30.8 Å². The molecule has 0 aromatic heterocycles. The fourth-order valence-corrected chi connectivity index (χ4v) is 3.64. The van der Waals surface area contributed by atoms with Gasteiger partial charge < -0.3 is 19.6 Å². The van der Waals surface area contributed by atoms with E-state index in [0.717, 1.165) is 5.56 Å². The number of carboxylic acid groups (broad SMARTS) is 1. The predicted octanol–water partition coefficient (Wildman–Crippen LogP) is 1.43. The first-order valence-corrected chi connectivity index (χ1v) is 8.40. The predicted molar refractivity (Wildman–Crippen MR) is 90.6 cm³/mol. The molecule has 2 heterocycles. The van der Waals surface area contributed by atoms with Crippen molar-refractivity contribution in [2.75, 3.05) is 25.1 Å². The third kappa shape index (κ3) is 3.18. The number of ether oxygens (including phenoxy) is 1. The standard InChI is InChI=1S/C18H22N2O5/c1-11-5-6-15(25-2)14(8-11)20-10-12(9-16(20)21)17(22)19-7-3-4-13(19)18(23)24/h5-6,8,12-13H,3-4,7,9-10H2,1-2H3,(H,23,24)/t12?,13-/m1/s1. The molecule has 25 heavy (non-hydrogen) atoms. The largest absolute Gasteiger partial charge is 0.495 e. The summed E-state index contributed by atoms with van der Waals surface area (Å²) in [4.78, 5) is 39.5. The Labute approximate surface area is 146 Å². The molecule has 0 radical (unpaired) electrons. The molecule has 3 rings (SSSR count). The van der Waals surface area contributed by atoms with Crippen molar-refractivity contribution in [1.82, 2.24) is 4.90 Å². The Kier molecular flexibility index (Phi) is 4.65. The average Bonchev–Trinajstić information content (AvgIpc) is 3.21. The number of carbonyl (C=O) groups excluding carboxylic acids is 2. The Balaban J connectivity index is 1.80. The van der Waals surface area contributed by atoms with Gasteiger partial charge in [-0.15, -0.1) is 0 Å². The molecule has 2 atom stereocenters. The summed E-state index contributed by atoms with van der Waals surface area (Å²) in [5.74, 6) is -1.30. The minimum Gasteiger partial charge on any atom is -0.495 e. The van der Waals surface area contributed by atoms with Crippen molar-refractivity contribution in [3.63, 3.8) is 0 Å². The molecule has 2 aliphatic heterocycles. The van der Waals surface area contributed by atoms with Gasteiger partial charge in [0.05, 0.1) is 18.7 Å². The van der Waals surface area contributed by atoms with Crippen molar-refractivity contribution in [3.05, 3.63) is 23.8 Å². The van der Waals surface area contributed by atoms with Gasteiger partial charge in [0, 0.05) is 19.5 Å². The second-order valence-electron chi connectivity index (χ2n) is 6.61. The molecule has 1 aromatic carbocycles. The van der Waals surface area contributed by atoms with Crippen LogP contribution in [0.5, 0.6) is 5.75 Å². The highest BCUT2D eigenvalue weighted by Gasteiger charge is 2.42.